The molecule has 0 unspecified atom stereocenters. The number of aromatic nitrogens is 3. The van der Waals surface area contributed by atoms with Gasteiger partial charge in [-0.05, 0) is 31.7 Å². The summed E-state index contributed by atoms with van der Waals surface area (Å²) in [7, 11) is 0. The van der Waals surface area contributed by atoms with Gasteiger partial charge in [0.25, 0.3) is 11.5 Å². The summed E-state index contributed by atoms with van der Waals surface area (Å²) in [5, 5.41) is 9.19. The average Bonchev–Trinajstić information content (AvgIpc) is 3.48. The Morgan fingerprint density at radius 1 is 1.29 bits per heavy atom. The second-order valence-corrected chi connectivity index (χ2v) is 7.10. The second-order valence-electron chi connectivity index (χ2n) is 7.10. The minimum atomic E-state index is -1.13. The molecule has 0 spiro atoms. The van der Waals surface area contributed by atoms with Crippen molar-refractivity contribution in [3.05, 3.63) is 38.2 Å². The third-order valence-corrected chi connectivity index (χ3v) is 4.75. The quantitative estimate of drug-likeness (QED) is 0.702. The zero-order valence-corrected chi connectivity index (χ0v) is 16.0. The molecule has 2 aromatic rings. The standard InChI is InChI=1S/C19H24N4O5/c1-3-7-22(10-14(24)25)18(27)12-9-13(11-5-6-11)20-16-15(12)17(26)21-19(28)23(16)8-4-2/h9,11H,3-8,10H2,1-2H3,(H,24,25)(H,21,26,28). The van der Waals surface area contributed by atoms with E-state index in [0.29, 0.717) is 25.1 Å². The SMILES string of the molecule is CCCN(CC(=O)O)C(=O)c1cc(C2CC2)nc2c1c(=O)[nH]c(=O)n2CCC. The number of carbonyl (C=O) groups is 2. The Morgan fingerprint density at radius 3 is 2.57 bits per heavy atom. The highest BCUT2D eigenvalue weighted by Gasteiger charge is 2.30. The van der Waals surface area contributed by atoms with Crippen LogP contribution in [0.3, 0.4) is 0 Å². The van der Waals surface area contributed by atoms with Gasteiger partial charge < -0.3 is 10.0 Å². The maximum Gasteiger partial charge on any atom is 0.329 e. The van der Waals surface area contributed by atoms with Gasteiger partial charge in [0.15, 0.2) is 5.65 Å². The third-order valence-electron chi connectivity index (χ3n) is 4.75. The van der Waals surface area contributed by atoms with E-state index in [1.165, 1.54) is 9.47 Å². The summed E-state index contributed by atoms with van der Waals surface area (Å²) in [5.41, 5.74) is -0.285. The lowest BCUT2D eigenvalue weighted by molar-refractivity contribution is -0.137. The van der Waals surface area contributed by atoms with Crippen LogP contribution in [0.2, 0.25) is 0 Å². The van der Waals surface area contributed by atoms with Crippen LogP contribution in [0.15, 0.2) is 15.7 Å². The second kappa shape index (κ2) is 7.95. The van der Waals surface area contributed by atoms with Crippen LogP contribution in [0, 0.1) is 0 Å². The number of hydrogen-bond acceptors (Lipinski definition) is 5. The largest absolute Gasteiger partial charge is 0.480 e. The van der Waals surface area contributed by atoms with Crippen molar-refractivity contribution in [2.24, 2.45) is 0 Å². The topological polar surface area (TPSA) is 125 Å². The number of fused-ring (bicyclic) bond motifs is 1. The maximum atomic E-state index is 13.2. The normalized spacial score (nSPS) is 13.6. The van der Waals surface area contributed by atoms with Crippen LogP contribution < -0.4 is 11.2 Å². The van der Waals surface area contributed by atoms with Crippen LogP contribution >= 0.6 is 0 Å². The van der Waals surface area contributed by atoms with Gasteiger partial charge in [-0.2, -0.15) is 0 Å². The van der Waals surface area contributed by atoms with E-state index < -0.39 is 29.7 Å². The molecule has 1 aliphatic carbocycles. The van der Waals surface area contributed by atoms with Crippen LogP contribution in [0.1, 0.15) is 61.5 Å². The molecule has 0 bridgehead atoms. The molecule has 1 fully saturated rings. The van der Waals surface area contributed by atoms with Crippen LogP contribution in [0.5, 0.6) is 0 Å². The van der Waals surface area contributed by atoms with Gasteiger partial charge in [0.2, 0.25) is 0 Å². The van der Waals surface area contributed by atoms with Gasteiger partial charge in [-0.15, -0.1) is 0 Å². The van der Waals surface area contributed by atoms with E-state index in [1.807, 2.05) is 13.8 Å². The number of nitrogens with one attached hydrogen (secondary N) is 1. The molecule has 2 N–H and O–H groups in total. The van der Waals surface area contributed by atoms with Crippen molar-refractivity contribution in [2.45, 2.75) is 52.0 Å². The molecule has 9 nitrogen and oxygen atoms in total. The van der Waals surface area contributed by atoms with Crippen molar-refractivity contribution in [2.75, 3.05) is 13.1 Å². The van der Waals surface area contributed by atoms with Gasteiger partial charge in [-0.25, -0.2) is 9.78 Å². The highest BCUT2D eigenvalue weighted by Crippen LogP contribution is 2.40. The summed E-state index contributed by atoms with van der Waals surface area (Å²) in [6.45, 7) is 3.89. The summed E-state index contributed by atoms with van der Waals surface area (Å²) >= 11 is 0. The summed E-state index contributed by atoms with van der Waals surface area (Å²) < 4.78 is 1.38. The number of carboxylic acid groups (broad SMARTS) is 1. The van der Waals surface area contributed by atoms with Gasteiger partial charge in [-0.3, -0.25) is 23.9 Å². The van der Waals surface area contributed by atoms with Crippen LogP contribution in [-0.2, 0) is 11.3 Å². The van der Waals surface area contributed by atoms with Gasteiger partial charge in [0.05, 0.1) is 10.9 Å². The number of aliphatic carboxylic acids is 1. The fraction of sp³-hybridized carbons (Fsp3) is 0.526. The molecule has 9 heteroatoms. The molecular weight excluding hydrogens is 364 g/mol. The fourth-order valence-corrected chi connectivity index (χ4v) is 3.34. The first-order valence-corrected chi connectivity index (χ1v) is 9.56. The number of rotatable bonds is 8. The van der Waals surface area contributed by atoms with Gasteiger partial charge in [0.1, 0.15) is 6.54 Å². The number of nitrogens with zero attached hydrogens (tertiary/aromatic N) is 3. The Hall–Kier alpha value is -2.97. The first-order valence-electron chi connectivity index (χ1n) is 9.56. The first-order chi connectivity index (χ1) is 13.4. The summed E-state index contributed by atoms with van der Waals surface area (Å²) in [5.74, 6) is -1.47. The van der Waals surface area contributed by atoms with Crippen LogP contribution in [0.25, 0.3) is 11.0 Å². The fourth-order valence-electron chi connectivity index (χ4n) is 3.34. The smallest absolute Gasteiger partial charge is 0.329 e. The number of H-pyrrole nitrogens is 1. The third kappa shape index (κ3) is 3.83. The molecule has 0 aliphatic heterocycles. The molecule has 1 saturated carbocycles. The molecule has 0 aromatic carbocycles. The molecule has 28 heavy (non-hydrogen) atoms. The number of aromatic amines is 1. The van der Waals surface area contributed by atoms with Crippen LogP contribution in [0.4, 0.5) is 0 Å². The van der Waals surface area contributed by atoms with Crippen molar-refractivity contribution in [3.63, 3.8) is 0 Å². The lowest BCUT2D eigenvalue weighted by atomic mass is 10.1. The van der Waals surface area contributed by atoms with Gasteiger partial charge in [0, 0.05) is 24.7 Å². The highest BCUT2D eigenvalue weighted by atomic mass is 16.4. The van der Waals surface area contributed by atoms with Gasteiger partial charge in [-0.1, -0.05) is 13.8 Å². The molecule has 1 aliphatic rings. The molecule has 0 saturated heterocycles. The number of carboxylic acids is 1. The minimum absolute atomic E-state index is 0.0361. The Bertz CT molecular complexity index is 1040. The van der Waals surface area contributed by atoms with Crippen molar-refractivity contribution in [1.29, 1.82) is 0 Å². The van der Waals surface area contributed by atoms with E-state index in [9.17, 15) is 19.2 Å². The lowest BCUT2D eigenvalue weighted by Crippen LogP contribution is -2.38. The number of hydrogen-bond donors (Lipinski definition) is 2. The van der Waals surface area contributed by atoms with E-state index >= 15 is 0 Å². The summed E-state index contributed by atoms with van der Waals surface area (Å²) in [4.78, 5) is 57.3. The number of carbonyl (C=O) groups excluding carboxylic acids is 1. The molecule has 150 valence electrons. The Kier molecular flexibility index (Phi) is 5.62. The van der Waals surface area contributed by atoms with Crippen LogP contribution in [-0.4, -0.2) is 49.5 Å². The average molecular weight is 388 g/mol. The first kappa shape index (κ1) is 19.8. The molecule has 0 radical (unpaired) electrons. The molecule has 2 aromatic heterocycles. The van der Waals surface area contributed by atoms with Crippen molar-refractivity contribution in [1.82, 2.24) is 19.4 Å². The summed E-state index contributed by atoms with van der Waals surface area (Å²) in [6.07, 6.45) is 3.09. The summed E-state index contributed by atoms with van der Waals surface area (Å²) in [6, 6.07) is 1.59. The minimum Gasteiger partial charge on any atom is -0.480 e. The lowest BCUT2D eigenvalue weighted by Gasteiger charge is -2.21. The highest BCUT2D eigenvalue weighted by molar-refractivity contribution is 6.06. The number of aryl methyl sites for hydroxylation is 1. The van der Waals surface area contributed by atoms with E-state index in [4.69, 9.17) is 5.11 Å². The zero-order chi connectivity index (χ0) is 20.4. The monoisotopic (exact) mass is 388 g/mol. The molecule has 1 amide bonds. The Labute approximate surface area is 161 Å². The molecule has 2 heterocycles. The van der Waals surface area contributed by atoms with E-state index in [0.717, 1.165) is 12.8 Å². The number of pyridine rings is 1. The van der Waals surface area contributed by atoms with Crippen molar-refractivity contribution < 1.29 is 14.7 Å². The number of amides is 1. The molecule has 0 atom stereocenters. The van der Waals surface area contributed by atoms with E-state index in [1.54, 1.807) is 6.07 Å². The van der Waals surface area contributed by atoms with Crippen molar-refractivity contribution in [3.8, 4) is 0 Å². The molecular formula is C19H24N4O5. The predicted molar refractivity (Wildman–Crippen MR) is 103 cm³/mol. The van der Waals surface area contributed by atoms with E-state index in [2.05, 4.69) is 9.97 Å². The predicted octanol–water partition coefficient (Wildman–Crippen LogP) is 1.31. The Balaban J connectivity index is 2.27. The van der Waals surface area contributed by atoms with Crippen molar-refractivity contribution >= 4 is 22.9 Å². The van der Waals surface area contributed by atoms with E-state index in [-0.39, 0.29) is 29.1 Å². The maximum absolute atomic E-state index is 13.2. The Morgan fingerprint density at radius 2 is 2.00 bits per heavy atom. The van der Waals surface area contributed by atoms with Gasteiger partial charge >= 0.3 is 11.7 Å². The zero-order valence-electron chi connectivity index (χ0n) is 16.0. The molecule has 3 rings (SSSR count).